The second-order valence-corrected chi connectivity index (χ2v) is 18.3. The van der Waals surface area contributed by atoms with Crippen LogP contribution >= 0.6 is 0 Å². The average Bonchev–Trinajstić information content (AvgIpc) is 3.99. The van der Waals surface area contributed by atoms with Crippen LogP contribution in [0.4, 0.5) is 0 Å². The first-order chi connectivity index (χ1) is 27.0. The first-order valence-electron chi connectivity index (χ1n) is 21.2. The Morgan fingerprint density at radius 1 is 0.690 bits per heavy atom. The number of para-hydroxylation sites is 2. The van der Waals surface area contributed by atoms with Crippen LogP contribution in [-0.2, 0) is 42.2 Å². The number of isocyanates is 1. The lowest BCUT2D eigenvalue weighted by Gasteiger charge is -2.32. The van der Waals surface area contributed by atoms with Gasteiger partial charge in [0.05, 0.1) is 36.6 Å². The fourth-order valence-corrected chi connectivity index (χ4v) is 6.01. The van der Waals surface area contributed by atoms with Crippen molar-refractivity contribution in [3.05, 3.63) is 24.3 Å². The molecule has 0 saturated carbocycles. The highest BCUT2D eigenvalue weighted by Gasteiger charge is 2.52. The Morgan fingerprint density at radius 2 is 1.17 bits per heavy atom. The van der Waals surface area contributed by atoms with Crippen molar-refractivity contribution in [2.75, 3.05) is 33.9 Å². The molecule has 1 unspecified atom stereocenters. The third-order valence-corrected chi connectivity index (χ3v) is 10.4. The van der Waals surface area contributed by atoms with E-state index in [9.17, 15) is 9.59 Å². The van der Waals surface area contributed by atoms with E-state index in [2.05, 4.69) is 88.1 Å². The quantitative estimate of drug-likeness (QED) is 0.143. The highest BCUT2D eigenvalue weighted by molar-refractivity contribution is 6.54. The lowest BCUT2D eigenvalue weighted by Crippen LogP contribution is -2.43. The minimum Gasteiger partial charge on any atom is -0.523 e. The zero-order valence-electron chi connectivity index (χ0n) is 38.7. The van der Waals surface area contributed by atoms with Gasteiger partial charge in [-0.25, -0.2) is 9.79 Å². The van der Waals surface area contributed by atoms with Gasteiger partial charge in [0, 0.05) is 26.5 Å². The Morgan fingerprint density at radius 3 is 1.50 bits per heavy atom. The third kappa shape index (κ3) is 16.0. The summed E-state index contributed by atoms with van der Waals surface area (Å²) < 4.78 is 49.8. The summed E-state index contributed by atoms with van der Waals surface area (Å²) in [6, 6.07) is 7.30. The minimum atomic E-state index is -0.723. The zero-order chi connectivity index (χ0) is 44.0. The van der Waals surface area contributed by atoms with Gasteiger partial charge in [-0.1, -0.05) is 81.4 Å². The van der Waals surface area contributed by atoms with Gasteiger partial charge in [0.2, 0.25) is 6.08 Å². The highest BCUT2D eigenvalue weighted by Crippen LogP contribution is 2.39. The molecule has 18 heteroatoms. The summed E-state index contributed by atoms with van der Waals surface area (Å²) >= 11 is 0. The summed E-state index contributed by atoms with van der Waals surface area (Å²) in [6.07, 6.45) is 2.76. The van der Waals surface area contributed by atoms with Crippen LogP contribution in [0.3, 0.4) is 0 Å². The van der Waals surface area contributed by atoms with Gasteiger partial charge in [0.1, 0.15) is 17.6 Å². The van der Waals surface area contributed by atoms with Crippen molar-refractivity contribution in [1.82, 2.24) is 4.90 Å². The number of benzene rings is 1. The van der Waals surface area contributed by atoms with Crippen LogP contribution in [0, 0.1) is 0 Å². The first kappa shape index (κ1) is 51.9. The zero-order valence-corrected chi connectivity index (χ0v) is 38.7. The number of likely N-dealkylation sites (N-methyl/N-ethyl adjacent to an activating group) is 1. The maximum absolute atomic E-state index is 12.0. The van der Waals surface area contributed by atoms with Crippen molar-refractivity contribution >= 4 is 47.4 Å². The number of hydrogen-bond acceptors (Lipinski definition) is 12. The SMILES string of the molecule is CC(C)B1CCCO1.CC(C)B1OC(C)(C)C(C)(C)O1.CC(C)B1OCCO1.CC(C)B1O[C@@H](C(=O)N(C)C)[C@H](C(C)N=C=O)O1.CC(C)B1Oc2ccccc2O1. The molecule has 58 heavy (non-hydrogen) atoms. The van der Waals surface area contributed by atoms with Crippen LogP contribution in [0.15, 0.2) is 29.3 Å². The van der Waals surface area contributed by atoms with E-state index in [0.29, 0.717) is 24.4 Å². The van der Waals surface area contributed by atoms with E-state index in [4.69, 9.17) is 41.9 Å². The number of nitrogens with zero attached hydrogens (tertiary/aromatic N) is 2. The molecule has 1 aromatic carbocycles. The smallest absolute Gasteiger partial charge is 0.523 e. The summed E-state index contributed by atoms with van der Waals surface area (Å²) in [4.78, 5) is 27.4. The fourth-order valence-electron chi connectivity index (χ4n) is 6.01. The Bertz CT molecular complexity index is 1340. The number of carbonyl (C=O) groups is 1. The van der Waals surface area contributed by atoms with Crippen molar-refractivity contribution in [1.29, 1.82) is 0 Å². The Kier molecular flexibility index (Phi) is 21.7. The van der Waals surface area contributed by atoms with Crippen molar-refractivity contribution in [2.45, 2.75) is 175 Å². The summed E-state index contributed by atoms with van der Waals surface area (Å²) in [5, 5.41) is 0. The summed E-state index contributed by atoms with van der Waals surface area (Å²) in [6.45, 7) is 34.0. The number of carbonyl (C=O) groups excluding carboxylic acids is 2. The van der Waals surface area contributed by atoms with Gasteiger partial charge >= 0.3 is 28.5 Å². The molecule has 6 rings (SSSR count). The van der Waals surface area contributed by atoms with Crippen LogP contribution in [-0.4, -0.2) is 116 Å². The van der Waals surface area contributed by atoms with Crippen LogP contribution < -0.4 is 9.31 Å². The molecule has 0 aliphatic carbocycles. The lowest BCUT2D eigenvalue weighted by atomic mass is 9.56. The van der Waals surface area contributed by atoms with Gasteiger partial charge in [0.25, 0.3) is 12.8 Å². The molecule has 5 aliphatic heterocycles. The second kappa shape index (κ2) is 24.2. The van der Waals surface area contributed by atoms with Gasteiger partial charge in [-0.2, -0.15) is 0 Å². The molecule has 324 valence electrons. The molecular weight excluding hydrogens is 739 g/mol. The molecule has 5 aliphatic rings. The molecule has 5 heterocycles. The molecule has 1 amide bonds. The van der Waals surface area contributed by atoms with Gasteiger partial charge in [-0.15, -0.1) is 0 Å². The molecule has 1 aromatic rings. The molecule has 4 fully saturated rings. The average molecular weight is 812 g/mol. The second-order valence-electron chi connectivity index (χ2n) is 18.3. The number of hydrogen-bond donors (Lipinski definition) is 0. The molecule has 0 bridgehead atoms. The molecular formula is C40H73B5N2O11. The van der Waals surface area contributed by atoms with Crippen molar-refractivity contribution < 1.29 is 51.5 Å². The Labute approximate surface area is 352 Å². The van der Waals surface area contributed by atoms with Crippen LogP contribution in [0.2, 0.25) is 35.4 Å². The normalized spacial score (nSPS) is 21.9. The highest BCUT2D eigenvalue weighted by atomic mass is 16.7. The van der Waals surface area contributed by atoms with E-state index in [1.807, 2.05) is 38.1 Å². The fraction of sp³-hybridized carbons (Fsp3) is 0.800. The minimum absolute atomic E-state index is 0.0463. The number of aliphatic imine (C=N–C) groups is 1. The number of amides is 1. The molecule has 0 aromatic heterocycles. The van der Waals surface area contributed by atoms with Gasteiger partial charge in [0.15, 0.2) is 0 Å². The molecule has 13 nitrogen and oxygen atoms in total. The maximum atomic E-state index is 12.0. The predicted molar refractivity (Wildman–Crippen MR) is 236 cm³/mol. The van der Waals surface area contributed by atoms with Gasteiger partial charge in [-0.05, 0) is 82.8 Å². The number of fused-ring (bicyclic) bond motifs is 1. The molecule has 0 N–H and O–H groups in total. The molecule has 0 spiro atoms. The Balaban J connectivity index is 0.000000258. The van der Waals surface area contributed by atoms with E-state index < -0.39 is 25.4 Å². The topological polar surface area (TPSA) is 133 Å². The largest absolute Gasteiger partial charge is 0.597 e. The van der Waals surface area contributed by atoms with Gasteiger partial charge < -0.3 is 46.8 Å². The van der Waals surface area contributed by atoms with E-state index in [1.165, 1.54) is 23.7 Å². The maximum Gasteiger partial charge on any atom is 0.597 e. The summed E-state index contributed by atoms with van der Waals surface area (Å²) in [5.41, 5.74) is -0.357. The van der Waals surface area contributed by atoms with Crippen LogP contribution in [0.5, 0.6) is 11.5 Å². The first-order valence-corrected chi connectivity index (χ1v) is 21.2. The van der Waals surface area contributed by atoms with Crippen LogP contribution in [0.1, 0.15) is 110 Å². The third-order valence-electron chi connectivity index (χ3n) is 10.4. The van der Waals surface area contributed by atoms with Gasteiger partial charge in [-0.3, -0.25) is 4.79 Å². The van der Waals surface area contributed by atoms with E-state index >= 15 is 0 Å². The van der Waals surface area contributed by atoms with Crippen LogP contribution in [0.25, 0.3) is 0 Å². The van der Waals surface area contributed by atoms with Crippen molar-refractivity contribution in [3.63, 3.8) is 0 Å². The number of rotatable bonds is 8. The lowest BCUT2D eigenvalue weighted by molar-refractivity contribution is -0.137. The monoisotopic (exact) mass is 813 g/mol. The van der Waals surface area contributed by atoms with E-state index in [1.54, 1.807) is 21.0 Å². The van der Waals surface area contributed by atoms with E-state index in [-0.39, 0.29) is 44.3 Å². The Hall–Kier alpha value is -2.29. The van der Waals surface area contributed by atoms with E-state index in [0.717, 1.165) is 37.1 Å². The standard InChI is InChI=1S/C11H19BN2O4.C9H11BO2.C9H19BO2.C6H13BO.C5H11BO2/c1-7(2)12-17-9(8(3)13-6-15)10(18-12)11(16)14(4)5;1-7(2)10-11-8-5-3-4-6-9(8)12-10;1-7(2)10-11-8(3,4)9(5,6)12-10;1-6(2)7-4-3-5-8-7;1-5(2)6-7-3-4-8-6/h7-10H,1-5H3;3-7H,1-2H3;7H,1-6H3;6H,3-5H2,1-2H3;5H,3-4H2,1-2H3/t8?,9-,10+;;;;/m0..../s1. The molecule has 0 radical (unpaired) electrons. The summed E-state index contributed by atoms with van der Waals surface area (Å²) in [5.74, 6) is 3.68. The molecule has 4 saturated heterocycles. The van der Waals surface area contributed by atoms with Crippen molar-refractivity contribution in [3.8, 4) is 11.5 Å². The summed E-state index contributed by atoms with van der Waals surface area (Å²) in [7, 11) is 2.76. The van der Waals surface area contributed by atoms with Crippen molar-refractivity contribution in [2.24, 2.45) is 4.99 Å². The molecule has 3 atom stereocenters. The predicted octanol–water partition coefficient (Wildman–Crippen LogP) is 8.07.